The molecule has 5 nitrogen and oxygen atoms in total. The monoisotopic (exact) mass is 415 g/mol. The third-order valence-corrected chi connectivity index (χ3v) is 6.59. The summed E-state index contributed by atoms with van der Waals surface area (Å²) in [7, 11) is 0. The molecule has 5 heteroatoms. The lowest BCUT2D eigenvalue weighted by Gasteiger charge is -2.31. The molecule has 31 heavy (non-hydrogen) atoms. The molecule has 0 bridgehead atoms. The number of nitriles is 1. The van der Waals surface area contributed by atoms with Crippen molar-refractivity contribution < 1.29 is 9.59 Å². The van der Waals surface area contributed by atoms with Gasteiger partial charge in [-0.15, -0.1) is 0 Å². The van der Waals surface area contributed by atoms with Crippen molar-refractivity contribution in [2.75, 3.05) is 24.5 Å². The first-order valence-corrected chi connectivity index (χ1v) is 11.2. The van der Waals surface area contributed by atoms with Crippen LogP contribution in [0.15, 0.2) is 42.5 Å². The predicted molar refractivity (Wildman–Crippen MR) is 121 cm³/mol. The fourth-order valence-electron chi connectivity index (χ4n) is 4.81. The average molecular weight is 416 g/mol. The molecule has 2 aromatic carbocycles. The highest BCUT2D eigenvalue weighted by molar-refractivity contribution is 5.96. The number of benzene rings is 2. The number of rotatable bonds is 5. The summed E-state index contributed by atoms with van der Waals surface area (Å²) in [5.41, 5.74) is 4.59. The lowest BCUT2D eigenvalue weighted by molar-refractivity contribution is -0.123. The van der Waals surface area contributed by atoms with Gasteiger partial charge in [0, 0.05) is 43.7 Å². The van der Waals surface area contributed by atoms with Crippen molar-refractivity contribution in [3.63, 3.8) is 0 Å². The summed E-state index contributed by atoms with van der Waals surface area (Å²) in [5.74, 6) is 0.148. The standard InChI is InChI=1S/C26H29N3O2/c1-18(2)29-14-11-21-15-19(7-8-24(21)29)16-25(30)20-9-12-28(13-10-20)26(31)23-6-4-3-5-22(23)17-27/h3-8,15,18,20H,9-14,16H2,1-2H3. The van der Waals surface area contributed by atoms with Crippen molar-refractivity contribution in [3.05, 3.63) is 64.7 Å². The number of fused-ring (bicyclic) bond motifs is 1. The third kappa shape index (κ3) is 4.34. The molecule has 160 valence electrons. The van der Waals surface area contributed by atoms with E-state index in [1.807, 2.05) is 0 Å². The summed E-state index contributed by atoms with van der Waals surface area (Å²) < 4.78 is 0. The Kier molecular flexibility index (Phi) is 6.08. The third-order valence-electron chi connectivity index (χ3n) is 6.59. The number of carbonyl (C=O) groups is 2. The topological polar surface area (TPSA) is 64.4 Å². The molecular formula is C26H29N3O2. The first-order chi connectivity index (χ1) is 15.0. The van der Waals surface area contributed by atoms with Crippen LogP contribution in [0.4, 0.5) is 5.69 Å². The highest BCUT2D eigenvalue weighted by Crippen LogP contribution is 2.31. The van der Waals surface area contributed by atoms with Gasteiger partial charge >= 0.3 is 0 Å². The molecule has 0 aromatic heterocycles. The predicted octanol–water partition coefficient (Wildman–Crippen LogP) is 3.99. The molecule has 0 saturated carbocycles. The summed E-state index contributed by atoms with van der Waals surface area (Å²) in [6.45, 7) is 6.59. The largest absolute Gasteiger partial charge is 0.369 e. The molecule has 1 saturated heterocycles. The van der Waals surface area contributed by atoms with E-state index in [9.17, 15) is 14.9 Å². The molecule has 1 amide bonds. The highest BCUT2D eigenvalue weighted by Gasteiger charge is 2.29. The van der Waals surface area contributed by atoms with Gasteiger partial charge in [0.1, 0.15) is 5.78 Å². The van der Waals surface area contributed by atoms with Crippen LogP contribution in [0.1, 0.15) is 53.7 Å². The van der Waals surface area contributed by atoms with Gasteiger partial charge in [0.2, 0.25) is 0 Å². The number of anilines is 1. The minimum atomic E-state index is -0.114. The first-order valence-electron chi connectivity index (χ1n) is 11.2. The van der Waals surface area contributed by atoms with E-state index in [-0.39, 0.29) is 17.6 Å². The average Bonchev–Trinajstić information content (AvgIpc) is 3.22. The summed E-state index contributed by atoms with van der Waals surface area (Å²) in [6, 6.07) is 15.9. The zero-order valence-corrected chi connectivity index (χ0v) is 18.3. The zero-order chi connectivity index (χ0) is 22.0. The van der Waals surface area contributed by atoms with Crippen molar-refractivity contribution >= 4 is 17.4 Å². The van der Waals surface area contributed by atoms with Crippen molar-refractivity contribution in [2.24, 2.45) is 5.92 Å². The molecule has 0 atom stereocenters. The Labute approximate surface area is 184 Å². The zero-order valence-electron chi connectivity index (χ0n) is 18.3. The summed E-state index contributed by atoms with van der Waals surface area (Å²) in [4.78, 5) is 29.9. The highest BCUT2D eigenvalue weighted by atomic mass is 16.2. The number of amides is 1. The molecular weight excluding hydrogens is 386 g/mol. The van der Waals surface area contributed by atoms with E-state index < -0.39 is 0 Å². The van der Waals surface area contributed by atoms with E-state index in [0.29, 0.717) is 49.5 Å². The Morgan fingerprint density at radius 2 is 1.84 bits per heavy atom. The number of piperidine rings is 1. The van der Waals surface area contributed by atoms with Crippen LogP contribution in [0, 0.1) is 17.2 Å². The Balaban J connectivity index is 1.35. The van der Waals surface area contributed by atoms with Crippen LogP contribution in [0.25, 0.3) is 0 Å². The Morgan fingerprint density at radius 3 is 2.55 bits per heavy atom. The Morgan fingerprint density at radius 1 is 1.10 bits per heavy atom. The van der Waals surface area contributed by atoms with E-state index >= 15 is 0 Å². The first kappa shape index (κ1) is 21.1. The van der Waals surface area contributed by atoms with Crippen LogP contribution in [-0.2, 0) is 17.6 Å². The van der Waals surface area contributed by atoms with Crippen LogP contribution in [0.5, 0.6) is 0 Å². The second kappa shape index (κ2) is 8.93. The molecule has 0 aliphatic carbocycles. The summed E-state index contributed by atoms with van der Waals surface area (Å²) in [5, 5.41) is 9.25. The summed E-state index contributed by atoms with van der Waals surface area (Å²) >= 11 is 0. The number of Topliss-reactive ketones (excluding diaryl/α,β-unsaturated/α-hetero) is 1. The number of hydrogen-bond donors (Lipinski definition) is 0. The number of ketones is 1. The van der Waals surface area contributed by atoms with Gasteiger partial charge < -0.3 is 9.80 Å². The van der Waals surface area contributed by atoms with Crippen molar-refractivity contribution in [3.8, 4) is 6.07 Å². The minimum Gasteiger partial charge on any atom is -0.369 e. The number of nitrogens with zero attached hydrogens (tertiary/aromatic N) is 3. The second-order valence-corrected chi connectivity index (χ2v) is 8.87. The van der Waals surface area contributed by atoms with Crippen LogP contribution in [0.3, 0.4) is 0 Å². The fourth-order valence-corrected chi connectivity index (χ4v) is 4.81. The molecule has 4 rings (SSSR count). The molecule has 0 radical (unpaired) electrons. The van der Waals surface area contributed by atoms with Gasteiger partial charge in [0.15, 0.2) is 0 Å². The lowest BCUT2D eigenvalue weighted by Crippen LogP contribution is -2.40. The number of carbonyl (C=O) groups excluding carboxylic acids is 2. The van der Waals surface area contributed by atoms with Gasteiger partial charge in [-0.3, -0.25) is 9.59 Å². The molecule has 2 aliphatic rings. The maximum atomic E-state index is 12.9. The molecule has 2 heterocycles. The quantitative estimate of drug-likeness (QED) is 0.741. The second-order valence-electron chi connectivity index (χ2n) is 8.87. The van der Waals surface area contributed by atoms with Gasteiger partial charge in [0.05, 0.1) is 17.2 Å². The van der Waals surface area contributed by atoms with E-state index in [0.717, 1.165) is 18.5 Å². The maximum Gasteiger partial charge on any atom is 0.255 e. The SMILES string of the molecule is CC(C)N1CCc2cc(CC(=O)C3CCN(C(=O)c4ccccc4C#N)CC3)ccc21. The molecule has 0 spiro atoms. The number of hydrogen-bond acceptors (Lipinski definition) is 4. The van der Waals surface area contributed by atoms with Gasteiger partial charge in [-0.1, -0.05) is 24.3 Å². The lowest BCUT2D eigenvalue weighted by atomic mass is 9.88. The van der Waals surface area contributed by atoms with E-state index in [1.165, 1.54) is 11.3 Å². The van der Waals surface area contributed by atoms with Crippen LogP contribution in [0.2, 0.25) is 0 Å². The summed E-state index contributed by atoms with van der Waals surface area (Å²) in [6.07, 6.45) is 2.88. The van der Waals surface area contributed by atoms with Gasteiger partial charge in [-0.05, 0) is 62.4 Å². The Hall–Kier alpha value is -3.13. The molecule has 1 fully saturated rings. The number of likely N-dealkylation sites (tertiary alicyclic amines) is 1. The normalized spacial score (nSPS) is 16.3. The Bertz CT molecular complexity index is 1030. The van der Waals surface area contributed by atoms with Crippen molar-refractivity contribution in [1.82, 2.24) is 4.90 Å². The van der Waals surface area contributed by atoms with Gasteiger partial charge in [-0.2, -0.15) is 5.26 Å². The fraction of sp³-hybridized carbons (Fsp3) is 0.423. The van der Waals surface area contributed by atoms with Gasteiger partial charge in [-0.25, -0.2) is 0 Å². The minimum absolute atomic E-state index is 0.00400. The van der Waals surface area contributed by atoms with E-state index in [2.05, 4.69) is 43.0 Å². The smallest absolute Gasteiger partial charge is 0.255 e. The van der Waals surface area contributed by atoms with E-state index in [1.54, 1.807) is 29.2 Å². The van der Waals surface area contributed by atoms with Crippen molar-refractivity contribution in [2.45, 2.75) is 45.6 Å². The maximum absolute atomic E-state index is 12.9. The van der Waals surface area contributed by atoms with Crippen LogP contribution < -0.4 is 4.90 Å². The van der Waals surface area contributed by atoms with E-state index in [4.69, 9.17) is 0 Å². The molecule has 2 aromatic rings. The molecule has 0 N–H and O–H groups in total. The van der Waals surface area contributed by atoms with Crippen LogP contribution >= 0.6 is 0 Å². The van der Waals surface area contributed by atoms with Gasteiger partial charge in [0.25, 0.3) is 5.91 Å². The van der Waals surface area contributed by atoms with Crippen molar-refractivity contribution in [1.29, 1.82) is 5.26 Å². The van der Waals surface area contributed by atoms with Crippen LogP contribution in [-0.4, -0.2) is 42.3 Å². The molecule has 2 aliphatic heterocycles. The molecule has 0 unspecified atom stereocenters.